The first kappa shape index (κ1) is 34.1. The number of fused-ring (bicyclic) bond motifs is 3. The van der Waals surface area contributed by atoms with Crippen molar-refractivity contribution in [1.82, 2.24) is 0 Å². The Morgan fingerprint density at radius 2 is 1.25 bits per heavy atom. The van der Waals surface area contributed by atoms with Gasteiger partial charge in [-0.15, -0.1) is 16.7 Å². The first-order chi connectivity index (χ1) is 13.4. The van der Waals surface area contributed by atoms with Gasteiger partial charge >= 0.3 is 38.5 Å². The van der Waals surface area contributed by atoms with E-state index in [2.05, 4.69) is 110 Å². The molecule has 5 heteroatoms. The van der Waals surface area contributed by atoms with Gasteiger partial charge in [0.1, 0.15) is 0 Å². The molecule has 0 heterocycles. The fourth-order valence-corrected chi connectivity index (χ4v) is 3.03. The molecule has 1 nitrogen and oxygen atoms in total. The van der Waals surface area contributed by atoms with E-state index >= 15 is 0 Å². The van der Waals surface area contributed by atoms with Gasteiger partial charge in [-0.05, 0) is 28.4 Å². The summed E-state index contributed by atoms with van der Waals surface area (Å²) in [5, 5.41) is 0. The van der Waals surface area contributed by atoms with Crippen molar-refractivity contribution in [2.75, 3.05) is 0 Å². The third-order valence-corrected chi connectivity index (χ3v) is 4.46. The molecular weight excluding hydrogens is 485 g/mol. The fourth-order valence-electron chi connectivity index (χ4n) is 3.03. The Labute approximate surface area is 222 Å². The molecule has 0 bridgehead atoms. The van der Waals surface area contributed by atoms with E-state index in [-0.39, 0.29) is 47.4 Å². The Balaban J connectivity index is 0. The minimum Gasteiger partial charge on any atom is -1.00 e. The van der Waals surface area contributed by atoms with Gasteiger partial charge in [0, 0.05) is 0 Å². The van der Waals surface area contributed by atoms with Crippen LogP contribution in [0.3, 0.4) is 0 Å². The van der Waals surface area contributed by atoms with E-state index in [4.69, 9.17) is 5.73 Å². The summed E-state index contributed by atoms with van der Waals surface area (Å²) in [6.07, 6.45) is 1.15. The van der Waals surface area contributed by atoms with Crippen LogP contribution in [0.5, 0.6) is 0 Å². The number of benzene rings is 2. The number of hydrogen-bond acceptors (Lipinski definition) is 0. The zero-order chi connectivity index (χ0) is 23.5. The maximum absolute atomic E-state index is 6.94. The second-order valence-corrected chi connectivity index (χ2v) is 18.2. The largest absolute Gasteiger partial charge is 1.00 e. The number of rotatable bonds is 0. The van der Waals surface area contributed by atoms with E-state index in [0.29, 0.717) is 0 Å². The number of halogens is 2. The van der Waals surface area contributed by atoms with Crippen molar-refractivity contribution in [3.63, 3.8) is 0 Å². The van der Waals surface area contributed by atoms with E-state index in [1.54, 1.807) is 0 Å². The predicted octanol–water partition coefficient (Wildman–Crippen LogP) is 2.28. The summed E-state index contributed by atoms with van der Waals surface area (Å²) in [4.78, 5) is 0. The smallest absolute Gasteiger partial charge is 1.00 e. The molecule has 0 radical (unpaired) electrons. The second kappa shape index (κ2) is 13.1. The van der Waals surface area contributed by atoms with Gasteiger partial charge in [0.2, 0.25) is 0 Å². The summed E-state index contributed by atoms with van der Waals surface area (Å²) in [5.74, 6) is 0. The van der Waals surface area contributed by atoms with Crippen LogP contribution < -0.4 is 24.8 Å². The third kappa shape index (κ3) is 11.9. The minimum absolute atomic E-state index is 0. The van der Waals surface area contributed by atoms with Crippen molar-refractivity contribution < 1.29 is 44.0 Å². The Morgan fingerprint density at radius 3 is 1.66 bits per heavy atom. The van der Waals surface area contributed by atoms with E-state index in [9.17, 15) is 0 Å². The Kier molecular flexibility index (Phi) is 14.0. The van der Waals surface area contributed by atoms with Crippen LogP contribution in [0.2, 0.25) is 13.1 Å². The maximum Gasteiger partial charge on any atom is -1.00 e. The van der Waals surface area contributed by atoms with Crippen LogP contribution in [0.15, 0.2) is 30.3 Å². The summed E-state index contributed by atoms with van der Waals surface area (Å²) < 4.78 is 0. The van der Waals surface area contributed by atoms with Crippen LogP contribution >= 0.6 is 0 Å². The van der Waals surface area contributed by atoms with Crippen LogP contribution in [0.4, 0.5) is 0 Å². The number of nitrogens with one attached hydrogen (secondary N) is 1. The molecule has 1 N–H and O–H groups in total. The summed E-state index contributed by atoms with van der Waals surface area (Å²) in [7, 11) is 0. The summed E-state index contributed by atoms with van der Waals surface area (Å²) in [5.41, 5.74) is 15.4. The molecule has 2 aromatic rings. The normalized spacial score (nSPS) is 11.9. The zero-order valence-corrected chi connectivity index (χ0v) is 25.9. The van der Waals surface area contributed by atoms with Gasteiger partial charge in [0.25, 0.3) is 0 Å². The third-order valence-electron chi connectivity index (χ3n) is 4.46. The van der Waals surface area contributed by atoms with Crippen LogP contribution in [-0.2, 0) is 36.4 Å². The maximum atomic E-state index is 6.94. The summed E-state index contributed by atoms with van der Waals surface area (Å²) in [6, 6.07) is 15.2. The van der Waals surface area contributed by atoms with Gasteiger partial charge in [-0.2, -0.15) is 23.8 Å². The first-order valence-corrected chi connectivity index (χ1v) is 15.7. The quantitative estimate of drug-likeness (QED) is 0.317. The summed E-state index contributed by atoms with van der Waals surface area (Å²) >= 11 is 2.27. The monoisotopic (exact) mass is 525 g/mol. The van der Waals surface area contributed by atoms with Crippen LogP contribution in [0.25, 0.3) is 16.9 Å². The van der Waals surface area contributed by atoms with Gasteiger partial charge < -0.3 is 30.5 Å². The van der Waals surface area contributed by atoms with Crippen LogP contribution in [-0.4, -0.2) is 11.7 Å². The topological polar surface area (TPSA) is 23.8 Å². The molecular formula is C27H41Cl2NSiTi-2. The predicted molar refractivity (Wildman–Crippen MR) is 132 cm³/mol. The molecule has 178 valence electrons. The van der Waals surface area contributed by atoms with Gasteiger partial charge in [-0.3, -0.25) is 0 Å². The molecule has 0 spiro atoms. The minimum atomic E-state index is -0.250. The second-order valence-electron chi connectivity index (χ2n) is 11.6. The van der Waals surface area contributed by atoms with Gasteiger partial charge in [-0.1, -0.05) is 86.1 Å². The molecule has 2 aromatic carbocycles. The molecule has 3 rings (SSSR count). The van der Waals surface area contributed by atoms with Crippen molar-refractivity contribution >= 4 is 6.19 Å². The van der Waals surface area contributed by atoms with Gasteiger partial charge in [0.15, 0.2) is 0 Å². The average molecular weight is 526 g/mol. The van der Waals surface area contributed by atoms with Crippen molar-refractivity contribution in [2.45, 2.75) is 98.2 Å². The van der Waals surface area contributed by atoms with Crippen molar-refractivity contribution in [1.29, 1.82) is 0 Å². The SMILES string of the molecule is CC(C)(C)[NH-].CC(C)(C)c1[c-]c2c(cc1)-c1ccc(C(C)(C)C)cc1C2.C[Si](C)=[Ti+2].[Cl-].[Cl-]. The Morgan fingerprint density at radius 1 is 0.812 bits per heavy atom. The molecule has 1 aliphatic rings. The molecule has 0 saturated carbocycles. The molecule has 0 unspecified atom stereocenters. The van der Waals surface area contributed by atoms with Crippen molar-refractivity contribution in [3.05, 3.63) is 64.4 Å². The van der Waals surface area contributed by atoms with Crippen molar-refractivity contribution in [3.8, 4) is 11.1 Å². The molecule has 32 heavy (non-hydrogen) atoms. The molecule has 0 amide bonds. The molecule has 0 aliphatic heterocycles. The van der Waals surface area contributed by atoms with Crippen molar-refractivity contribution in [2.24, 2.45) is 0 Å². The standard InChI is InChI=1S/C21H25.C4H10N.C2H6Si.2ClH.Ti/c1-20(2,3)16-7-9-18-14(12-16)11-15-13-17(21(4,5)6)8-10-19(15)18;1-4(2,3)5;1-3-2;;;/h7-10,12H,11H2,1-6H3;5H,1-3H3;1-2H3;2*1H;/q2*-1;;;;+2/p-2. The molecule has 1 aliphatic carbocycles. The Hall–Kier alpha value is -0.0888. The molecule has 0 fully saturated rings. The van der Waals surface area contributed by atoms with E-state index in [1.165, 1.54) is 33.4 Å². The zero-order valence-electron chi connectivity index (χ0n) is 21.8. The molecule has 0 saturated heterocycles. The van der Waals surface area contributed by atoms with Crippen LogP contribution in [0, 0.1) is 6.07 Å². The van der Waals surface area contributed by atoms with Gasteiger partial charge in [-0.25, -0.2) is 0 Å². The first-order valence-electron chi connectivity index (χ1n) is 10.9. The van der Waals surface area contributed by atoms with E-state index < -0.39 is 0 Å². The van der Waals surface area contributed by atoms with Gasteiger partial charge in [0.05, 0.1) is 0 Å². The van der Waals surface area contributed by atoms with E-state index in [0.717, 1.165) is 6.42 Å². The Bertz CT molecular complexity index is 816. The average Bonchev–Trinajstić information content (AvgIpc) is 2.87. The molecule has 0 aromatic heterocycles. The molecule has 0 atom stereocenters. The van der Waals surface area contributed by atoms with Crippen LogP contribution in [0.1, 0.15) is 84.6 Å². The number of hydrogen-bond donors (Lipinski definition) is 0. The summed E-state index contributed by atoms with van der Waals surface area (Å²) in [6.45, 7) is 23.7. The fraction of sp³-hybridized carbons (Fsp3) is 0.556. The van der Waals surface area contributed by atoms with E-state index in [1.807, 2.05) is 20.8 Å².